The number of benzene rings is 1. The minimum Gasteiger partial charge on any atom is -0.481 e. The number of rotatable bonds is 5. The average molecular weight is 454 g/mol. The number of carboxylic acid groups (broad SMARTS) is 1. The van der Waals surface area contributed by atoms with Gasteiger partial charge in [-0.25, -0.2) is 0 Å². The highest BCUT2D eigenvalue weighted by Crippen LogP contribution is 2.37. The zero-order valence-electron chi connectivity index (χ0n) is 12.8. The van der Waals surface area contributed by atoms with E-state index in [4.69, 9.17) is 17.3 Å². The van der Waals surface area contributed by atoms with Crippen LogP contribution in [0.15, 0.2) is 45.8 Å². The summed E-state index contributed by atoms with van der Waals surface area (Å²) >= 11 is 11.5. The van der Waals surface area contributed by atoms with Gasteiger partial charge in [-0.15, -0.1) is 11.3 Å². The molecule has 0 radical (unpaired) electrons. The van der Waals surface area contributed by atoms with Gasteiger partial charge in [-0.3, -0.25) is 14.5 Å². The van der Waals surface area contributed by atoms with Crippen LogP contribution in [0.4, 0.5) is 0 Å². The zero-order valence-corrected chi connectivity index (χ0v) is 16.8. The summed E-state index contributed by atoms with van der Waals surface area (Å²) in [7, 11) is 0. The van der Waals surface area contributed by atoms with Crippen molar-refractivity contribution in [3.8, 4) is 10.4 Å². The van der Waals surface area contributed by atoms with Gasteiger partial charge in [-0.2, -0.15) is 0 Å². The first-order valence-electron chi connectivity index (χ1n) is 7.27. The third kappa shape index (κ3) is 4.20. The summed E-state index contributed by atoms with van der Waals surface area (Å²) in [4.78, 5) is 27.0. The fourth-order valence-electron chi connectivity index (χ4n) is 2.27. The summed E-state index contributed by atoms with van der Waals surface area (Å²) in [5.74, 6) is -1.18. The largest absolute Gasteiger partial charge is 0.481 e. The fourth-order valence-corrected chi connectivity index (χ4v) is 5.26. The van der Waals surface area contributed by atoms with Gasteiger partial charge in [-0.1, -0.05) is 58.1 Å². The van der Waals surface area contributed by atoms with Crippen molar-refractivity contribution in [2.24, 2.45) is 0 Å². The van der Waals surface area contributed by atoms with Crippen LogP contribution in [0.25, 0.3) is 16.5 Å². The summed E-state index contributed by atoms with van der Waals surface area (Å²) in [6.07, 6.45) is 1.69. The van der Waals surface area contributed by atoms with E-state index < -0.39 is 5.97 Å². The number of hydrogen-bond donors (Lipinski definition) is 1. The number of carboxylic acids is 1. The van der Waals surface area contributed by atoms with Gasteiger partial charge >= 0.3 is 5.97 Å². The molecular weight excluding hydrogens is 442 g/mol. The number of thioether (sulfide) groups is 1. The second-order valence-electron chi connectivity index (χ2n) is 5.16. The quantitative estimate of drug-likeness (QED) is 0.517. The second kappa shape index (κ2) is 7.82. The summed E-state index contributed by atoms with van der Waals surface area (Å²) in [6, 6.07) is 11.9. The first-order valence-corrected chi connectivity index (χ1v) is 10.1. The normalized spacial score (nSPS) is 16.0. The topological polar surface area (TPSA) is 57.6 Å². The van der Waals surface area contributed by atoms with E-state index in [1.807, 2.05) is 42.5 Å². The van der Waals surface area contributed by atoms with Crippen molar-refractivity contribution in [2.75, 3.05) is 6.54 Å². The van der Waals surface area contributed by atoms with Crippen molar-refractivity contribution in [1.82, 2.24) is 4.90 Å². The minimum atomic E-state index is -0.950. The Morgan fingerprint density at radius 1 is 1.28 bits per heavy atom. The number of nitrogens with zero attached hydrogens (tertiary/aromatic N) is 1. The predicted molar refractivity (Wildman–Crippen MR) is 110 cm³/mol. The number of aliphatic carboxylic acids is 1. The summed E-state index contributed by atoms with van der Waals surface area (Å²) in [5, 5.41) is 8.78. The molecule has 1 aliphatic rings. The number of thiocarbonyl (C=S) groups is 1. The lowest BCUT2D eigenvalue weighted by Crippen LogP contribution is -2.30. The van der Waals surface area contributed by atoms with E-state index in [2.05, 4.69) is 15.9 Å². The molecule has 3 rings (SSSR count). The van der Waals surface area contributed by atoms with E-state index in [0.29, 0.717) is 9.23 Å². The van der Waals surface area contributed by atoms with Crippen LogP contribution in [-0.4, -0.2) is 32.7 Å². The van der Waals surface area contributed by atoms with E-state index in [1.165, 1.54) is 16.7 Å². The molecule has 0 aliphatic carbocycles. The highest BCUT2D eigenvalue weighted by atomic mass is 79.9. The maximum atomic E-state index is 12.4. The molecule has 1 aliphatic heterocycles. The van der Waals surface area contributed by atoms with Crippen LogP contribution in [0, 0.1) is 0 Å². The number of hydrogen-bond acceptors (Lipinski definition) is 5. The maximum absolute atomic E-state index is 12.4. The predicted octanol–water partition coefficient (Wildman–Crippen LogP) is 4.85. The molecule has 1 aromatic carbocycles. The standard InChI is InChI=1S/C17H12BrNO3S3/c18-12-4-2-1-3-11(12)13-6-5-10(24-13)9-14-16(22)19(17(23)25-14)8-7-15(20)21/h1-6,9H,7-8H2,(H,20,21)/b14-9+. The summed E-state index contributed by atoms with van der Waals surface area (Å²) in [5.41, 5.74) is 1.10. The minimum absolute atomic E-state index is 0.101. The van der Waals surface area contributed by atoms with Crippen molar-refractivity contribution >= 4 is 73.5 Å². The maximum Gasteiger partial charge on any atom is 0.305 e. The van der Waals surface area contributed by atoms with E-state index in [9.17, 15) is 9.59 Å². The molecule has 25 heavy (non-hydrogen) atoms. The van der Waals surface area contributed by atoms with Gasteiger partial charge in [0.2, 0.25) is 0 Å². The smallest absolute Gasteiger partial charge is 0.305 e. The molecule has 2 heterocycles. The molecule has 0 atom stereocenters. The van der Waals surface area contributed by atoms with Crippen LogP contribution in [-0.2, 0) is 9.59 Å². The van der Waals surface area contributed by atoms with Crippen LogP contribution in [0.2, 0.25) is 0 Å². The number of halogens is 1. The molecule has 1 fully saturated rings. The van der Waals surface area contributed by atoms with Crippen molar-refractivity contribution in [1.29, 1.82) is 0 Å². The Labute approximate surface area is 166 Å². The van der Waals surface area contributed by atoms with Crippen molar-refractivity contribution in [3.63, 3.8) is 0 Å². The van der Waals surface area contributed by atoms with Crippen LogP contribution in [0.3, 0.4) is 0 Å². The number of amides is 1. The second-order valence-corrected chi connectivity index (χ2v) is 8.80. The van der Waals surface area contributed by atoms with Gasteiger partial charge in [0, 0.05) is 26.3 Å². The van der Waals surface area contributed by atoms with Crippen molar-refractivity contribution in [3.05, 3.63) is 50.7 Å². The molecule has 0 unspecified atom stereocenters. The van der Waals surface area contributed by atoms with Gasteiger partial charge in [0.05, 0.1) is 11.3 Å². The Kier molecular flexibility index (Phi) is 5.73. The lowest BCUT2D eigenvalue weighted by molar-refractivity contribution is -0.137. The van der Waals surface area contributed by atoms with E-state index >= 15 is 0 Å². The van der Waals surface area contributed by atoms with Crippen molar-refractivity contribution < 1.29 is 14.7 Å². The summed E-state index contributed by atoms with van der Waals surface area (Å²) in [6.45, 7) is 0.101. The van der Waals surface area contributed by atoms with Gasteiger partial charge in [0.25, 0.3) is 5.91 Å². The number of carbonyl (C=O) groups is 2. The Hall–Kier alpha value is -1.48. The van der Waals surface area contributed by atoms with E-state index in [-0.39, 0.29) is 18.9 Å². The first kappa shape index (κ1) is 18.3. The monoisotopic (exact) mass is 453 g/mol. The average Bonchev–Trinajstić information content (AvgIpc) is 3.12. The molecule has 2 aromatic rings. The van der Waals surface area contributed by atoms with Crippen LogP contribution in [0.5, 0.6) is 0 Å². The van der Waals surface area contributed by atoms with Crippen LogP contribution >= 0.6 is 51.2 Å². The molecule has 4 nitrogen and oxygen atoms in total. The zero-order chi connectivity index (χ0) is 18.0. The van der Waals surface area contributed by atoms with Crippen LogP contribution in [0.1, 0.15) is 11.3 Å². The number of carbonyl (C=O) groups excluding carboxylic acids is 1. The lowest BCUT2D eigenvalue weighted by atomic mass is 10.2. The van der Waals surface area contributed by atoms with Crippen LogP contribution < -0.4 is 0 Å². The van der Waals surface area contributed by atoms with Gasteiger partial charge in [0.15, 0.2) is 0 Å². The fraction of sp³-hybridized carbons (Fsp3) is 0.118. The molecule has 8 heteroatoms. The molecule has 1 aromatic heterocycles. The molecule has 0 saturated carbocycles. The third-order valence-corrected chi connectivity index (χ3v) is 6.60. The lowest BCUT2D eigenvalue weighted by Gasteiger charge is -2.12. The Balaban J connectivity index is 1.80. The summed E-state index contributed by atoms with van der Waals surface area (Å²) < 4.78 is 1.42. The third-order valence-electron chi connectivity index (χ3n) is 3.46. The molecule has 0 bridgehead atoms. The Bertz CT molecular complexity index is 891. The molecule has 0 spiro atoms. The molecular formula is C17H12BrNO3S3. The van der Waals surface area contributed by atoms with Crippen molar-refractivity contribution in [2.45, 2.75) is 6.42 Å². The SMILES string of the molecule is O=C(O)CCN1C(=O)/C(=C\c2ccc(-c3ccccc3Br)s2)SC1=S. The van der Waals surface area contributed by atoms with Gasteiger partial charge < -0.3 is 5.11 Å². The Morgan fingerprint density at radius 2 is 2.04 bits per heavy atom. The highest BCUT2D eigenvalue weighted by molar-refractivity contribution is 9.10. The molecule has 1 N–H and O–H groups in total. The first-order chi connectivity index (χ1) is 12.0. The van der Waals surface area contributed by atoms with E-state index in [0.717, 1.165) is 19.8 Å². The molecule has 128 valence electrons. The number of thiophene rings is 1. The van der Waals surface area contributed by atoms with Gasteiger partial charge in [0.1, 0.15) is 4.32 Å². The van der Waals surface area contributed by atoms with E-state index in [1.54, 1.807) is 11.3 Å². The molecule has 1 saturated heterocycles. The molecule has 1 amide bonds. The highest BCUT2D eigenvalue weighted by Gasteiger charge is 2.32. The Morgan fingerprint density at radius 3 is 2.76 bits per heavy atom. The van der Waals surface area contributed by atoms with Gasteiger partial charge in [-0.05, 0) is 24.3 Å².